The van der Waals surface area contributed by atoms with Crippen LogP contribution < -0.4 is 10.2 Å². The van der Waals surface area contributed by atoms with E-state index >= 15 is 0 Å². The Morgan fingerprint density at radius 1 is 1.18 bits per heavy atom. The molecule has 22 heavy (non-hydrogen) atoms. The van der Waals surface area contributed by atoms with Gasteiger partial charge < -0.3 is 15.1 Å². The zero-order valence-electron chi connectivity index (χ0n) is 13.5. The highest BCUT2D eigenvalue weighted by molar-refractivity contribution is 14.0. The molecule has 1 heterocycles. The standard InChI is InChI=1S/C17H26N4.HI/c1-3-4-8-11-19-17(18-2)21-14-12-20(13-15-21)16-9-6-5-7-10-16;/h3-7,9-10H,8,11-15H2,1-2H3,(H,18,19);1H. The summed E-state index contributed by atoms with van der Waals surface area (Å²) in [6, 6.07) is 10.6. The number of guanidine groups is 1. The molecule has 0 spiro atoms. The Hall–Kier alpha value is -1.24. The molecule has 0 aliphatic carbocycles. The van der Waals surface area contributed by atoms with Crippen LogP contribution in [0.15, 0.2) is 47.5 Å². The number of allylic oxidation sites excluding steroid dienone is 1. The number of nitrogens with zero attached hydrogens (tertiary/aromatic N) is 3. The fourth-order valence-corrected chi connectivity index (χ4v) is 2.58. The number of hydrogen-bond acceptors (Lipinski definition) is 2. The number of benzene rings is 1. The Morgan fingerprint density at radius 2 is 1.86 bits per heavy atom. The van der Waals surface area contributed by atoms with Gasteiger partial charge in [-0.15, -0.1) is 24.0 Å². The summed E-state index contributed by atoms with van der Waals surface area (Å²) in [6.45, 7) is 7.10. The van der Waals surface area contributed by atoms with Crippen LogP contribution in [0.3, 0.4) is 0 Å². The SMILES string of the molecule is CC=CCCNC(=NC)N1CCN(c2ccccc2)CC1.I. The topological polar surface area (TPSA) is 30.9 Å². The highest BCUT2D eigenvalue weighted by atomic mass is 127. The molecule has 2 rings (SSSR count). The van der Waals surface area contributed by atoms with Crippen LogP contribution >= 0.6 is 24.0 Å². The largest absolute Gasteiger partial charge is 0.368 e. The van der Waals surface area contributed by atoms with E-state index in [9.17, 15) is 0 Å². The highest BCUT2D eigenvalue weighted by Crippen LogP contribution is 2.15. The summed E-state index contributed by atoms with van der Waals surface area (Å²) in [5, 5.41) is 3.43. The molecule has 0 amide bonds. The van der Waals surface area contributed by atoms with Crippen LogP contribution in [0.4, 0.5) is 5.69 Å². The van der Waals surface area contributed by atoms with Crippen LogP contribution in [0.25, 0.3) is 0 Å². The molecule has 1 aliphatic heterocycles. The fraction of sp³-hybridized carbons (Fsp3) is 0.471. The van der Waals surface area contributed by atoms with Gasteiger partial charge in [0.15, 0.2) is 5.96 Å². The molecule has 0 unspecified atom stereocenters. The molecule has 0 bridgehead atoms. The van der Waals surface area contributed by atoms with Gasteiger partial charge in [-0.05, 0) is 25.5 Å². The molecule has 0 saturated carbocycles. The molecule has 0 atom stereocenters. The van der Waals surface area contributed by atoms with Gasteiger partial charge in [0.05, 0.1) is 0 Å². The molecule has 1 saturated heterocycles. The fourth-order valence-electron chi connectivity index (χ4n) is 2.58. The van der Waals surface area contributed by atoms with Gasteiger partial charge >= 0.3 is 0 Å². The third-order valence-corrected chi connectivity index (χ3v) is 3.74. The lowest BCUT2D eigenvalue weighted by Crippen LogP contribution is -2.52. The minimum Gasteiger partial charge on any atom is -0.368 e. The number of aliphatic imine (C=N–C) groups is 1. The quantitative estimate of drug-likeness (QED) is 0.270. The van der Waals surface area contributed by atoms with Crippen molar-refractivity contribution < 1.29 is 0 Å². The van der Waals surface area contributed by atoms with Crippen molar-refractivity contribution in [3.05, 3.63) is 42.5 Å². The predicted molar refractivity (Wildman–Crippen MR) is 106 cm³/mol. The van der Waals surface area contributed by atoms with E-state index in [1.807, 2.05) is 7.05 Å². The van der Waals surface area contributed by atoms with Gasteiger partial charge in [-0.25, -0.2) is 0 Å². The number of anilines is 1. The second-order valence-corrected chi connectivity index (χ2v) is 5.14. The summed E-state index contributed by atoms with van der Waals surface area (Å²) in [5.41, 5.74) is 1.31. The molecule has 1 aromatic rings. The van der Waals surface area contributed by atoms with Crippen molar-refractivity contribution in [1.29, 1.82) is 0 Å². The normalized spacial score (nSPS) is 15.8. The van der Waals surface area contributed by atoms with Gasteiger partial charge in [0, 0.05) is 45.5 Å². The molecule has 1 fully saturated rings. The summed E-state index contributed by atoms with van der Waals surface area (Å²) >= 11 is 0. The Morgan fingerprint density at radius 3 is 2.45 bits per heavy atom. The van der Waals surface area contributed by atoms with E-state index in [0.29, 0.717) is 0 Å². The van der Waals surface area contributed by atoms with Crippen molar-refractivity contribution in [3.63, 3.8) is 0 Å². The van der Waals surface area contributed by atoms with Gasteiger partial charge in [0.2, 0.25) is 0 Å². The first-order valence-corrected chi connectivity index (χ1v) is 7.72. The van der Waals surface area contributed by atoms with Gasteiger partial charge in [-0.3, -0.25) is 4.99 Å². The minimum atomic E-state index is 0. The van der Waals surface area contributed by atoms with E-state index in [2.05, 4.69) is 69.5 Å². The maximum atomic E-state index is 4.40. The number of hydrogen-bond donors (Lipinski definition) is 1. The van der Waals surface area contributed by atoms with Crippen LogP contribution in [-0.4, -0.2) is 50.6 Å². The molecule has 122 valence electrons. The number of halogens is 1. The van der Waals surface area contributed by atoms with Crippen molar-refractivity contribution in [3.8, 4) is 0 Å². The minimum absolute atomic E-state index is 0. The van der Waals surface area contributed by atoms with E-state index in [0.717, 1.165) is 45.1 Å². The number of para-hydroxylation sites is 1. The van der Waals surface area contributed by atoms with E-state index in [1.54, 1.807) is 0 Å². The van der Waals surface area contributed by atoms with Crippen molar-refractivity contribution in [2.75, 3.05) is 44.7 Å². The average Bonchev–Trinajstić information content (AvgIpc) is 2.56. The van der Waals surface area contributed by atoms with E-state index in [-0.39, 0.29) is 24.0 Å². The summed E-state index contributed by atoms with van der Waals surface area (Å²) in [4.78, 5) is 9.17. The molecule has 0 aromatic heterocycles. The highest BCUT2D eigenvalue weighted by Gasteiger charge is 2.19. The van der Waals surface area contributed by atoms with Crippen LogP contribution in [0.2, 0.25) is 0 Å². The molecule has 1 aliphatic rings. The third-order valence-electron chi connectivity index (χ3n) is 3.74. The maximum Gasteiger partial charge on any atom is 0.193 e. The third kappa shape index (κ3) is 5.51. The second-order valence-electron chi connectivity index (χ2n) is 5.14. The summed E-state index contributed by atoms with van der Waals surface area (Å²) in [6.07, 6.45) is 5.30. The second kappa shape index (κ2) is 10.5. The summed E-state index contributed by atoms with van der Waals surface area (Å²) < 4.78 is 0. The number of piperazine rings is 1. The molecule has 1 aromatic carbocycles. The molecule has 1 N–H and O–H groups in total. The van der Waals surface area contributed by atoms with E-state index < -0.39 is 0 Å². The summed E-state index contributed by atoms with van der Waals surface area (Å²) in [5.74, 6) is 1.02. The molecular formula is C17H27IN4. The monoisotopic (exact) mass is 414 g/mol. The van der Waals surface area contributed by atoms with Crippen molar-refractivity contribution in [2.45, 2.75) is 13.3 Å². The van der Waals surface area contributed by atoms with Crippen molar-refractivity contribution in [1.82, 2.24) is 10.2 Å². The summed E-state index contributed by atoms with van der Waals surface area (Å²) in [7, 11) is 1.86. The van der Waals surface area contributed by atoms with Crippen molar-refractivity contribution in [2.24, 2.45) is 4.99 Å². The molecular weight excluding hydrogens is 387 g/mol. The predicted octanol–water partition coefficient (Wildman–Crippen LogP) is 2.97. The van der Waals surface area contributed by atoms with E-state index in [4.69, 9.17) is 0 Å². The smallest absolute Gasteiger partial charge is 0.193 e. The Labute approximate surface area is 151 Å². The lowest BCUT2D eigenvalue weighted by molar-refractivity contribution is 0.373. The van der Waals surface area contributed by atoms with Gasteiger partial charge in [0.25, 0.3) is 0 Å². The average molecular weight is 414 g/mol. The zero-order valence-corrected chi connectivity index (χ0v) is 15.9. The van der Waals surface area contributed by atoms with E-state index in [1.165, 1.54) is 5.69 Å². The van der Waals surface area contributed by atoms with Crippen LogP contribution in [0, 0.1) is 0 Å². The van der Waals surface area contributed by atoms with Crippen molar-refractivity contribution >= 4 is 35.6 Å². The molecule has 5 heteroatoms. The lowest BCUT2D eigenvalue weighted by atomic mass is 10.2. The van der Waals surface area contributed by atoms with Gasteiger partial charge in [0.1, 0.15) is 0 Å². The number of rotatable bonds is 4. The van der Waals surface area contributed by atoms with Crippen LogP contribution in [0.5, 0.6) is 0 Å². The van der Waals surface area contributed by atoms with Crippen LogP contribution in [-0.2, 0) is 0 Å². The lowest BCUT2D eigenvalue weighted by Gasteiger charge is -2.37. The zero-order chi connectivity index (χ0) is 14.9. The van der Waals surface area contributed by atoms with Gasteiger partial charge in [-0.1, -0.05) is 30.4 Å². The number of nitrogens with one attached hydrogen (secondary N) is 1. The first-order chi connectivity index (χ1) is 10.3. The Balaban J connectivity index is 0.00000242. The molecule has 0 radical (unpaired) electrons. The molecule has 4 nitrogen and oxygen atoms in total. The van der Waals surface area contributed by atoms with Crippen LogP contribution in [0.1, 0.15) is 13.3 Å². The first kappa shape index (κ1) is 18.8. The van der Waals surface area contributed by atoms with Gasteiger partial charge in [-0.2, -0.15) is 0 Å². The Bertz CT molecular complexity index is 465. The Kier molecular flexibility index (Phi) is 8.96. The maximum absolute atomic E-state index is 4.40. The first-order valence-electron chi connectivity index (χ1n) is 7.72.